The molecule has 0 aliphatic carbocycles. The largest absolute Gasteiger partial charge is 0.336 e. The summed E-state index contributed by atoms with van der Waals surface area (Å²) in [5.41, 5.74) is 2.09. The minimum Gasteiger partial charge on any atom is -0.336 e. The highest BCUT2D eigenvalue weighted by molar-refractivity contribution is 7.07. The van der Waals surface area contributed by atoms with Crippen molar-refractivity contribution in [3.8, 4) is 6.07 Å². The lowest BCUT2D eigenvalue weighted by Gasteiger charge is -2.24. The molecule has 0 fully saturated rings. The van der Waals surface area contributed by atoms with Gasteiger partial charge in [-0.2, -0.15) is 16.6 Å². The molecule has 0 saturated carbocycles. The Balaban J connectivity index is 1.94. The Kier molecular flexibility index (Phi) is 5.99. The molecule has 5 nitrogen and oxygen atoms in total. The number of thiophene rings is 1. The van der Waals surface area contributed by atoms with Gasteiger partial charge in [0.15, 0.2) is 0 Å². The van der Waals surface area contributed by atoms with Crippen LogP contribution >= 0.6 is 22.9 Å². The van der Waals surface area contributed by atoms with E-state index in [0.29, 0.717) is 22.8 Å². The molecule has 1 aromatic carbocycles. The molecule has 0 radical (unpaired) electrons. The van der Waals surface area contributed by atoms with E-state index in [1.54, 1.807) is 29.5 Å². The molecule has 0 bridgehead atoms. The molecule has 2 N–H and O–H groups in total. The molecule has 7 heteroatoms. The van der Waals surface area contributed by atoms with E-state index in [4.69, 9.17) is 16.9 Å². The molecule has 0 aliphatic rings. The van der Waals surface area contributed by atoms with E-state index in [2.05, 4.69) is 27.0 Å². The van der Waals surface area contributed by atoms with Crippen molar-refractivity contribution in [2.45, 2.75) is 6.04 Å². The molecule has 2 aromatic rings. The topological polar surface area (TPSA) is 68.2 Å². The summed E-state index contributed by atoms with van der Waals surface area (Å²) in [5.74, 6) is 0. The highest BCUT2D eigenvalue weighted by Gasteiger charge is 2.15. The molecule has 23 heavy (non-hydrogen) atoms. The predicted molar refractivity (Wildman–Crippen MR) is 93.9 cm³/mol. The number of hydrogen-bond acceptors (Lipinski definition) is 4. The highest BCUT2D eigenvalue weighted by Crippen LogP contribution is 2.21. The Morgan fingerprint density at radius 1 is 1.43 bits per heavy atom. The molecule has 2 rings (SSSR count). The Hall–Kier alpha value is -2.07. The molecular weight excluding hydrogens is 332 g/mol. The summed E-state index contributed by atoms with van der Waals surface area (Å²) in [4.78, 5) is 14.1. The van der Waals surface area contributed by atoms with Crippen LogP contribution in [-0.4, -0.2) is 31.6 Å². The number of benzene rings is 1. The van der Waals surface area contributed by atoms with E-state index in [0.717, 1.165) is 0 Å². The molecule has 1 heterocycles. The Bertz CT molecular complexity index is 709. The van der Waals surface area contributed by atoms with E-state index in [1.165, 1.54) is 5.56 Å². The van der Waals surface area contributed by atoms with Crippen molar-refractivity contribution in [3.05, 3.63) is 51.2 Å². The van der Waals surface area contributed by atoms with Crippen LogP contribution in [0.1, 0.15) is 17.2 Å². The summed E-state index contributed by atoms with van der Waals surface area (Å²) in [7, 11) is 3.95. The summed E-state index contributed by atoms with van der Waals surface area (Å²) in [6, 6.07) is 8.60. The van der Waals surface area contributed by atoms with Crippen LogP contribution in [0.2, 0.25) is 5.02 Å². The molecular formula is C16H17ClN4OS. The van der Waals surface area contributed by atoms with E-state index in [9.17, 15) is 4.79 Å². The highest BCUT2D eigenvalue weighted by atomic mass is 35.5. The second-order valence-corrected chi connectivity index (χ2v) is 6.36. The van der Waals surface area contributed by atoms with Gasteiger partial charge in [-0.25, -0.2) is 4.79 Å². The molecule has 120 valence electrons. The zero-order valence-corrected chi connectivity index (χ0v) is 14.4. The number of nitrogens with one attached hydrogen (secondary N) is 2. The van der Waals surface area contributed by atoms with Crippen molar-refractivity contribution in [2.75, 3.05) is 26.0 Å². The summed E-state index contributed by atoms with van der Waals surface area (Å²) < 4.78 is 0. The van der Waals surface area contributed by atoms with Gasteiger partial charge in [-0.15, -0.1) is 0 Å². The average molecular weight is 349 g/mol. The molecule has 1 aromatic heterocycles. The lowest BCUT2D eigenvalue weighted by Crippen LogP contribution is -2.36. The maximum atomic E-state index is 12.0. The predicted octanol–water partition coefficient (Wildman–Crippen LogP) is 3.70. The van der Waals surface area contributed by atoms with Gasteiger partial charge in [0.2, 0.25) is 0 Å². The van der Waals surface area contributed by atoms with Gasteiger partial charge in [-0.05, 0) is 54.7 Å². The maximum absolute atomic E-state index is 12.0. The third-order valence-corrected chi connectivity index (χ3v) is 4.37. The van der Waals surface area contributed by atoms with Crippen LogP contribution in [0.5, 0.6) is 0 Å². The van der Waals surface area contributed by atoms with Crippen LogP contribution < -0.4 is 10.6 Å². The monoisotopic (exact) mass is 348 g/mol. The molecule has 0 saturated heterocycles. The normalized spacial score (nSPS) is 11.8. The second-order valence-electron chi connectivity index (χ2n) is 5.18. The number of nitriles is 1. The SMILES string of the molecule is CN(C)[C@H](CNC(=O)Nc1ccc(C#N)c(Cl)c1)c1ccsc1. The standard InChI is InChI=1S/C16H17ClN4OS/c1-21(2)15(12-5-6-23-10-12)9-19-16(22)20-13-4-3-11(8-18)14(17)7-13/h3-7,10,15H,9H2,1-2H3,(H2,19,20,22)/t15-/m1/s1. The van der Waals surface area contributed by atoms with Gasteiger partial charge < -0.3 is 15.5 Å². The second kappa shape index (κ2) is 7.97. The van der Waals surface area contributed by atoms with Gasteiger partial charge in [0.05, 0.1) is 16.6 Å². The Morgan fingerprint density at radius 3 is 2.78 bits per heavy atom. The lowest BCUT2D eigenvalue weighted by molar-refractivity contribution is 0.243. The minimum absolute atomic E-state index is 0.108. The number of nitrogens with zero attached hydrogens (tertiary/aromatic N) is 2. The smallest absolute Gasteiger partial charge is 0.319 e. The number of halogens is 1. The molecule has 0 unspecified atom stereocenters. The van der Waals surface area contributed by atoms with E-state index in [-0.39, 0.29) is 12.1 Å². The van der Waals surface area contributed by atoms with Gasteiger partial charge in [0.1, 0.15) is 6.07 Å². The first-order chi connectivity index (χ1) is 11.0. The van der Waals surface area contributed by atoms with E-state index < -0.39 is 0 Å². The molecule has 0 spiro atoms. The Labute approximate surface area is 144 Å². The third kappa shape index (κ3) is 4.70. The van der Waals surface area contributed by atoms with Crippen LogP contribution in [0, 0.1) is 11.3 Å². The zero-order chi connectivity index (χ0) is 16.8. The van der Waals surface area contributed by atoms with Crippen molar-refractivity contribution in [1.82, 2.24) is 10.2 Å². The Morgan fingerprint density at radius 2 is 2.22 bits per heavy atom. The molecule has 1 atom stereocenters. The quantitative estimate of drug-likeness (QED) is 0.865. The fourth-order valence-corrected chi connectivity index (χ4v) is 3.04. The van der Waals surface area contributed by atoms with Crippen LogP contribution in [0.25, 0.3) is 0 Å². The maximum Gasteiger partial charge on any atom is 0.319 e. The number of rotatable bonds is 5. The average Bonchev–Trinajstić information content (AvgIpc) is 3.01. The number of amides is 2. The van der Waals surface area contributed by atoms with Crippen molar-refractivity contribution in [1.29, 1.82) is 5.26 Å². The van der Waals surface area contributed by atoms with Crippen molar-refractivity contribution < 1.29 is 4.79 Å². The van der Waals surface area contributed by atoms with Crippen molar-refractivity contribution in [3.63, 3.8) is 0 Å². The van der Waals surface area contributed by atoms with Gasteiger partial charge in [-0.3, -0.25) is 0 Å². The number of hydrogen-bond donors (Lipinski definition) is 2. The number of urea groups is 1. The van der Waals surface area contributed by atoms with Gasteiger partial charge in [0.25, 0.3) is 0 Å². The first-order valence-electron chi connectivity index (χ1n) is 6.94. The number of carbonyl (C=O) groups is 1. The summed E-state index contributed by atoms with van der Waals surface area (Å²) in [6.45, 7) is 0.486. The number of carbonyl (C=O) groups excluding carboxylic acids is 1. The minimum atomic E-state index is -0.312. The van der Waals surface area contributed by atoms with Gasteiger partial charge in [-0.1, -0.05) is 11.6 Å². The van der Waals surface area contributed by atoms with Crippen LogP contribution in [0.4, 0.5) is 10.5 Å². The van der Waals surface area contributed by atoms with E-state index >= 15 is 0 Å². The number of likely N-dealkylation sites (N-methyl/N-ethyl adjacent to an activating group) is 1. The van der Waals surface area contributed by atoms with E-state index in [1.807, 2.05) is 25.5 Å². The first kappa shape index (κ1) is 17.3. The fraction of sp³-hybridized carbons (Fsp3) is 0.250. The van der Waals surface area contributed by atoms with Crippen LogP contribution in [-0.2, 0) is 0 Å². The fourth-order valence-electron chi connectivity index (χ4n) is 2.11. The van der Waals surface area contributed by atoms with Gasteiger partial charge in [0, 0.05) is 12.2 Å². The summed E-state index contributed by atoms with van der Waals surface area (Å²) in [6.07, 6.45) is 0. The first-order valence-corrected chi connectivity index (χ1v) is 8.26. The van der Waals surface area contributed by atoms with Crippen molar-refractivity contribution >= 4 is 34.7 Å². The third-order valence-electron chi connectivity index (χ3n) is 3.35. The number of anilines is 1. The van der Waals surface area contributed by atoms with Crippen LogP contribution in [0.3, 0.4) is 0 Å². The lowest BCUT2D eigenvalue weighted by atomic mass is 10.1. The van der Waals surface area contributed by atoms with Crippen molar-refractivity contribution in [2.24, 2.45) is 0 Å². The summed E-state index contributed by atoms with van der Waals surface area (Å²) >= 11 is 7.58. The van der Waals surface area contributed by atoms with Crippen LogP contribution in [0.15, 0.2) is 35.0 Å². The summed E-state index contributed by atoms with van der Waals surface area (Å²) in [5, 5.41) is 18.8. The molecule has 2 amide bonds. The zero-order valence-electron chi connectivity index (χ0n) is 12.8. The molecule has 0 aliphatic heterocycles. The van der Waals surface area contributed by atoms with Gasteiger partial charge >= 0.3 is 6.03 Å².